The number of hydrogen-bond acceptors (Lipinski definition) is 9. The monoisotopic (exact) mass is 637 g/mol. The first-order valence-electron chi connectivity index (χ1n) is 16.0. The Morgan fingerprint density at radius 3 is 2.51 bits per heavy atom. The number of carbonyl (C=O) groups excluding carboxylic acids is 2. The molecular formula is C36H43N7O4. The number of hydrogen-bond donors (Lipinski definition) is 2. The summed E-state index contributed by atoms with van der Waals surface area (Å²) in [7, 11) is 7.83. The van der Waals surface area contributed by atoms with Gasteiger partial charge in [0.15, 0.2) is 0 Å². The predicted molar refractivity (Wildman–Crippen MR) is 186 cm³/mol. The van der Waals surface area contributed by atoms with Crippen LogP contribution in [0.25, 0.3) is 22.2 Å². The van der Waals surface area contributed by atoms with Crippen LogP contribution >= 0.6 is 0 Å². The fourth-order valence-electron chi connectivity index (χ4n) is 7.15. The standard InChI is InChI=1S/C36H43N7O4/c1-8-33(44)38-28-15-29(32(46-7)16-31(28)43(6)24-13-22-18-41(4)19-23(22)14-24)39-36-37-17-26(35(45)47-21(2)3)34(40-36)27-20-42(5)30-12-10-9-11-25(27)30/h8-12,15-17,20-24H,1,13-14,18-19H2,2-7H3,(H,38,44)(H,37,39,40)/t22-,23?,24+/m0/s1. The van der Waals surface area contributed by atoms with Crippen LogP contribution in [0.2, 0.25) is 0 Å². The van der Waals surface area contributed by atoms with Crippen molar-refractivity contribution < 1.29 is 19.1 Å². The lowest BCUT2D eigenvalue weighted by atomic mass is 10.0. The average molecular weight is 638 g/mol. The molecule has 0 bridgehead atoms. The SMILES string of the molecule is C=CC(=O)Nc1cc(Nc2ncc(C(=O)OC(C)C)c(-c3cn(C)c4ccccc34)n2)c(OC)cc1N(C)[C@H]1CC2CN(C)C[C@@H]2C1. The minimum Gasteiger partial charge on any atom is -0.494 e. The Balaban J connectivity index is 1.39. The number of nitrogens with one attached hydrogen (secondary N) is 2. The molecule has 1 unspecified atom stereocenters. The molecule has 11 nitrogen and oxygen atoms in total. The number of carbonyl (C=O) groups is 2. The van der Waals surface area contributed by atoms with Gasteiger partial charge in [0.1, 0.15) is 11.3 Å². The minimum absolute atomic E-state index is 0.252. The number of aryl methyl sites for hydroxylation is 1. The van der Waals surface area contributed by atoms with E-state index in [2.05, 4.69) is 46.1 Å². The van der Waals surface area contributed by atoms with E-state index < -0.39 is 5.97 Å². The van der Waals surface area contributed by atoms with E-state index in [0.717, 1.165) is 48.1 Å². The molecule has 1 aliphatic heterocycles. The van der Waals surface area contributed by atoms with E-state index >= 15 is 0 Å². The number of aromatic nitrogens is 3. The summed E-state index contributed by atoms with van der Waals surface area (Å²) in [4.78, 5) is 39.9. The summed E-state index contributed by atoms with van der Waals surface area (Å²) < 4.78 is 13.4. The zero-order chi connectivity index (χ0) is 33.4. The van der Waals surface area contributed by atoms with E-state index in [1.165, 1.54) is 12.3 Å². The van der Waals surface area contributed by atoms with Gasteiger partial charge in [0.05, 0.1) is 36.0 Å². The van der Waals surface area contributed by atoms with Crippen LogP contribution in [-0.2, 0) is 16.6 Å². The third-order valence-electron chi connectivity index (χ3n) is 9.35. The van der Waals surface area contributed by atoms with Gasteiger partial charge in [-0.05, 0) is 63.8 Å². The Morgan fingerprint density at radius 1 is 1.11 bits per heavy atom. The van der Waals surface area contributed by atoms with Crippen LogP contribution in [0.1, 0.15) is 37.0 Å². The normalized spacial score (nSPS) is 19.1. The fourth-order valence-corrected chi connectivity index (χ4v) is 7.15. The predicted octanol–water partition coefficient (Wildman–Crippen LogP) is 5.85. The van der Waals surface area contributed by atoms with Crippen LogP contribution in [-0.4, -0.2) is 77.8 Å². The van der Waals surface area contributed by atoms with E-state index in [9.17, 15) is 9.59 Å². The molecular weight excluding hydrogens is 594 g/mol. The summed E-state index contributed by atoms with van der Waals surface area (Å²) in [6, 6.07) is 12.0. The van der Waals surface area contributed by atoms with Crippen molar-refractivity contribution in [3.8, 4) is 17.0 Å². The number of likely N-dealkylation sites (tertiary alicyclic amines) is 1. The number of nitrogens with zero attached hydrogens (tertiary/aromatic N) is 5. The van der Waals surface area contributed by atoms with Gasteiger partial charge in [-0.3, -0.25) is 4.79 Å². The number of fused-ring (bicyclic) bond motifs is 2. The first-order chi connectivity index (χ1) is 22.6. The van der Waals surface area contributed by atoms with Gasteiger partial charge in [-0.15, -0.1) is 0 Å². The van der Waals surface area contributed by atoms with E-state index in [1.807, 2.05) is 54.2 Å². The lowest BCUT2D eigenvalue weighted by molar-refractivity contribution is -0.111. The zero-order valence-corrected chi connectivity index (χ0v) is 27.9. The number of rotatable bonds is 10. The topological polar surface area (TPSA) is 114 Å². The molecule has 1 amide bonds. The second-order valence-electron chi connectivity index (χ2n) is 12.9. The Morgan fingerprint density at radius 2 is 1.83 bits per heavy atom. The quantitative estimate of drug-likeness (QED) is 0.163. The number of benzene rings is 2. The molecule has 0 radical (unpaired) electrons. The van der Waals surface area contributed by atoms with Crippen LogP contribution in [0.4, 0.5) is 23.0 Å². The molecule has 11 heteroatoms. The summed E-state index contributed by atoms with van der Waals surface area (Å²) >= 11 is 0. The first-order valence-corrected chi connectivity index (χ1v) is 16.0. The van der Waals surface area contributed by atoms with Gasteiger partial charge in [0.2, 0.25) is 11.9 Å². The Bertz CT molecular complexity index is 1820. The molecule has 1 aliphatic carbocycles. The number of amides is 1. The molecule has 2 aromatic carbocycles. The van der Waals surface area contributed by atoms with Crippen LogP contribution < -0.4 is 20.3 Å². The first kappa shape index (κ1) is 32.1. The molecule has 4 aromatic rings. The van der Waals surface area contributed by atoms with Crippen LogP contribution in [0.5, 0.6) is 5.75 Å². The third-order valence-corrected chi connectivity index (χ3v) is 9.35. The van der Waals surface area contributed by atoms with Crippen LogP contribution in [0.15, 0.2) is 61.4 Å². The van der Waals surface area contributed by atoms with Gasteiger partial charge in [-0.2, -0.15) is 0 Å². The van der Waals surface area contributed by atoms with Crippen molar-refractivity contribution in [2.75, 3.05) is 49.8 Å². The molecule has 6 rings (SSSR count). The molecule has 1 saturated carbocycles. The highest BCUT2D eigenvalue weighted by molar-refractivity contribution is 6.04. The largest absolute Gasteiger partial charge is 0.494 e. The number of esters is 1. The maximum Gasteiger partial charge on any atom is 0.342 e. The van der Waals surface area contributed by atoms with Crippen molar-refractivity contribution in [3.05, 3.63) is 67.0 Å². The number of ether oxygens (including phenoxy) is 2. The smallest absolute Gasteiger partial charge is 0.342 e. The second-order valence-corrected chi connectivity index (χ2v) is 12.9. The lowest BCUT2D eigenvalue weighted by Gasteiger charge is -2.31. The molecule has 1 saturated heterocycles. The summed E-state index contributed by atoms with van der Waals surface area (Å²) in [6.45, 7) is 9.50. The van der Waals surface area contributed by atoms with Crippen molar-refractivity contribution in [2.45, 2.75) is 38.8 Å². The van der Waals surface area contributed by atoms with Crippen molar-refractivity contribution >= 4 is 45.8 Å². The van der Waals surface area contributed by atoms with Crippen LogP contribution in [0, 0.1) is 11.8 Å². The van der Waals surface area contributed by atoms with Crippen molar-refractivity contribution in [3.63, 3.8) is 0 Å². The van der Waals surface area contributed by atoms with E-state index in [4.69, 9.17) is 14.5 Å². The molecule has 2 fully saturated rings. The Hall–Kier alpha value is -4.90. The van der Waals surface area contributed by atoms with Crippen LogP contribution in [0.3, 0.4) is 0 Å². The highest BCUT2D eigenvalue weighted by atomic mass is 16.5. The maximum atomic E-state index is 13.2. The number of anilines is 4. The zero-order valence-electron chi connectivity index (χ0n) is 27.9. The Kier molecular flexibility index (Phi) is 8.92. The number of para-hydroxylation sites is 1. The minimum atomic E-state index is -0.503. The van der Waals surface area contributed by atoms with E-state index in [0.29, 0.717) is 40.7 Å². The molecule has 2 N–H and O–H groups in total. The van der Waals surface area contributed by atoms with Gasteiger partial charge >= 0.3 is 5.97 Å². The van der Waals surface area contributed by atoms with Gasteiger partial charge < -0.3 is 34.5 Å². The molecule has 0 spiro atoms. The van der Waals surface area contributed by atoms with Gasteiger partial charge in [0, 0.05) is 68.2 Å². The molecule has 3 atom stereocenters. The van der Waals surface area contributed by atoms with E-state index in [1.54, 1.807) is 21.0 Å². The van der Waals surface area contributed by atoms with E-state index in [-0.39, 0.29) is 23.5 Å². The molecule has 3 heterocycles. The lowest BCUT2D eigenvalue weighted by Crippen LogP contribution is -2.32. The summed E-state index contributed by atoms with van der Waals surface area (Å²) in [5.74, 6) is 1.34. The van der Waals surface area contributed by atoms with Gasteiger partial charge in [-0.25, -0.2) is 14.8 Å². The molecule has 2 aromatic heterocycles. The molecule has 2 aliphatic rings. The maximum absolute atomic E-state index is 13.2. The summed E-state index contributed by atoms with van der Waals surface area (Å²) in [5.41, 5.74) is 4.50. The highest BCUT2D eigenvalue weighted by Crippen LogP contribution is 2.44. The second kappa shape index (κ2) is 13.1. The van der Waals surface area contributed by atoms with Gasteiger partial charge in [0.25, 0.3) is 0 Å². The average Bonchev–Trinajstić information content (AvgIpc) is 3.71. The van der Waals surface area contributed by atoms with Crippen molar-refractivity contribution in [1.82, 2.24) is 19.4 Å². The highest BCUT2D eigenvalue weighted by Gasteiger charge is 2.41. The van der Waals surface area contributed by atoms with Crippen molar-refractivity contribution in [2.24, 2.45) is 18.9 Å². The van der Waals surface area contributed by atoms with Gasteiger partial charge in [-0.1, -0.05) is 24.8 Å². The summed E-state index contributed by atoms with van der Waals surface area (Å²) in [6.07, 6.45) is 6.58. The van der Waals surface area contributed by atoms with Crippen molar-refractivity contribution in [1.29, 1.82) is 0 Å². The molecule has 246 valence electrons. The fraction of sp³-hybridized carbons (Fsp3) is 0.389. The summed E-state index contributed by atoms with van der Waals surface area (Å²) in [5, 5.41) is 7.23. The molecule has 47 heavy (non-hydrogen) atoms. The third kappa shape index (κ3) is 6.40. The number of methoxy groups -OCH3 is 1. The Labute approximate surface area is 275 Å².